The molecule has 0 saturated carbocycles. The van der Waals surface area contributed by atoms with Gasteiger partial charge in [0, 0.05) is 0 Å². The van der Waals surface area contributed by atoms with Crippen molar-refractivity contribution in [2.24, 2.45) is 5.92 Å². The number of hydrogen-bond donors (Lipinski definition) is 0. The summed E-state index contributed by atoms with van der Waals surface area (Å²) in [4.78, 5) is 12.0. The summed E-state index contributed by atoms with van der Waals surface area (Å²) in [5.41, 5.74) is 3.48. The van der Waals surface area contributed by atoms with Crippen LogP contribution < -0.4 is 0 Å². The van der Waals surface area contributed by atoms with Crippen molar-refractivity contribution < 1.29 is 9.53 Å². The minimum Gasteiger partial charge on any atom is -0.465 e. The average molecular weight is 248 g/mol. The highest BCUT2D eigenvalue weighted by atomic mass is 16.5. The first-order chi connectivity index (χ1) is 8.47. The van der Waals surface area contributed by atoms with E-state index in [1.54, 1.807) is 0 Å². The molecule has 2 unspecified atom stereocenters. The van der Waals surface area contributed by atoms with Crippen molar-refractivity contribution >= 4 is 5.97 Å². The maximum atomic E-state index is 12.0. The number of ether oxygens (including phenoxy) is 1. The highest BCUT2D eigenvalue weighted by molar-refractivity contribution is 5.78. The Kier molecular flexibility index (Phi) is 5.39. The quantitative estimate of drug-likeness (QED) is 0.736. The zero-order valence-electron chi connectivity index (χ0n) is 12.1. The standard InChI is InChI=1S/C16H24O2/c1-6-11(2)10-18-16(17)14(5)15-9-7-8-12(3)13(15)4/h7-9,11,14H,6,10H2,1-5H3. The molecular formula is C16H24O2. The van der Waals surface area contributed by atoms with Gasteiger partial charge in [0.1, 0.15) is 0 Å². The minimum absolute atomic E-state index is 0.121. The molecule has 0 amide bonds. The Bertz CT molecular complexity index is 410. The molecule has 100 valence electrons. The lowest BCUT2D eigenvalue weighted by atomic mass is 9.94. The number of carbonyl (C=O) groups excluding carboxylic acids is 1. The number of rotatable bonds is 5. The highest BCUT2D eigenvalue weighted by Gasteiger charge is 2.19. The van der Waals surface area contributed by atoms with E-state index in [0.717, 1.165) is 12.0 Å². The van der Waals surface area contributed by atoms with Crippen LogP contribution >= 0.6 is 0 Å². The molecule has 2 nitrogen and oxygen atoms in total. The predicted octanol–water partition coefficient (Wildman–Crippen LogP) is 4.00. The molecule has 0 aromatic heterocycles. The Balaban J connectivity index is 2.71. The van der Waals surface area contributed by atoms with E-state index in [9.17, 15) is 4.79 Å². The van der Waals surface area contributed by atoms with Crippen molar-refractivity contribution in [2.75, 3.05) is 6.61 Å². The zero-order valence-corrected chi connectivity index (χ0v) is 12.1. The summed E-state index contributed by atoms with van der Waals surface area (Å²) in [5, 5.41) is 0. The summed E-state index contributed by atoms with van der Waals surface area (Å²) in [6.45, 7) is 10.8. The molecule has 18 heavy (non-hydrogen) atoms. The lowest BCUT2D eigenvalue weighted by molar-refractivity contribution is -0.146. The lowest BCUT2D eigenvalue weighted by Gasteiger charge is -2.17. The van der Waals surface area contributed by atoms with Crippen LogP contribution in [0.4, 0.5) is 0 Å². The van der Waals surface area contributed by atoms with Gasteiger partial charge in [0.25, 0.3) is 0 Å². The normalized spacial score (nSPS) is 14.1. The summed E-state index contributed by atoms with van der Waals surface area (Å²) in [5.74, 6) is 0.123. The number of esters is 1. The Morgan fingerprint density at radius 1 is 1.28 bits per heavy atom. The summed E-state index contributed by atoms with van der Waals surface area (Å²) in [6.07, 6.45) is 1.03. The molecular weight excluding hydrogens is 224 g/mol. The second-order valence-corrected chi connectivity index (χ2v) is 5.15. The van der Waals surface area contributed by atoms with E-state index in [1.165, 1.54) is 11.1 Å². The van der Waals surface area contributed by atoms with Crippen molar-refractivity contribution in [3.8, 4) is 0 Å². The molecule has 0 saturated heterocycles. The van der Waals surface area contributed by atoms with Gasteiger partial charge in [-0.1, -0.05) is 38.5 Å². The van der Waals surface area contributed by atoms with Crippen molar-refractivity contribution in [1.29, 1.82) is 0 Å². The highest BCUT2D eigenvalue weighted by Crippen LogP contribution is 2.23. The van der Waals surface area contributed by atoms with Gasteiger partial charge < -0.3 is 4.74 Å². The van der Waals surface area contributed by atoms with Gasteiger partial charge in [0.2, 0.25) is 0 Å². The number of benzene rings is 1. The topological polar surface area (TPSA) is 26.3 Å². The summed E-state index contributed by atoms with van der Waals surface area (Å²) >= 11 is 0. The van der Waals surface area contributed by atoms with Crippen LogP contribution in [0.25, 0.3) is 0 Å². The van der Waals surface area contributed by atoms with Gasteiger partial charge in [-0.2, -0.15) is 0 Å². The van der Waals surface area contributed by atoms with E-state index >= 15 is 0 Å². The number of aryl methyl sites for hydroxylation is 1. The van der Waals surface area contributed by atoms with E-state index in [2.05, 4.69) is 33.8 Å². The molecule has 0 aliphatic rings. The Hall–Kier alpha value is -1.31. The Morgan fingerprint density at radius 3 is 2.56 bits per heavy atom. The Labute approximate surface area is 110 Å². The molecule has 0 radical (unpaired) electrons. The largest absolute Gasteiger partial charge is 0.465 e. The predicted molar refractivity (Wildman–Crippen MR) is 74.7 cm³/mol. The van der Waals surface area contributed by atoms with Crippen LogP contribution in [-0.2, 0) is 9.53 Å². The monoisotopic (exact) mass is 248 g/mol. The lowest BCUT2D eigenvalue weighted by Crippen LogP contribution is -2.17. The maximum absolute atomic E-state index is 12.0. The van der Waals surface area contributed by atoms with Crippen LogP contribution in [-0.4, -0.2) is 12.6 Å². The van der Waals surface area contributed by atoms with Crippen molar-refractivity contribution in [3.05, 3.63) is 34.9 Å². The third-order valence-electron chi connectivity index (χ3n) is 3.67. The van der Waals surface area contributed by atoms with Gasteiger partial charge >= 0.3 is 5.97 Å². The van der Waals surface area contributed by atoms with Gasteiger partial charge in [0.05, 0.1) is 12.5 Å². The maximum Gasteiger partial charge on any atom is 0.313 e. The van der Waals surface area contributed by atoms with Crippen molar-refractivity contribution in [2.45, 2.75) is 47.0 Å². The van der Waals surface area contributed by atoms with Crippen LogP contribution in [0.1, 0.15) is 49.8 Å². The third-order valence-corrected chi connectivity index (χ3v) is 3.67. The summed E-state index contributed by atoms with van der Waals surface area (Å²) < 4.78 is 5.37. The third kappa shape index (κ3) is 3.59. The molecule has 0 aliphatic carbocycles. The van der Waals surface area contributed by atoms with Gasteiger partial charge in [-0.3, -0.25) is 4.79 Å². The first-order valence-corrected chi connectivity index (χ1v) is 6.70. The molecule has 1 aromatic carbocycles. The summed E-state index contributed by atoms with van der Waals surface area (Å²) in [7, 11) is 0. The Morgan fingerprint density at radius 2 is 1.94 bits per heavy atom. The molecule has 0 N–H and O–H groups in total. The van der Waals surface area contributed by atoms with Crippen molar-refractivity contribution in [1.82, 2.24) is 0 Å². The molecule has 0 heterocycles. The van der Waals surface area contributed by atoms with Crippen molar-refractivity contribution in [3.63, 3.8) is 0 Å². The number of carbonyl (C=O) groups is 1. The van der Waals surface area contributed by atoms with Crippen LogP contribution in [0.5, 0.6) is 0 Å². The van der Waals surface area contributed by atoms with E-state index in [0.29, 0.717) is 12.5 Å². The molecule has 0 spiro atoms. The fourth-order valence-electron chi connectivity index (χ4n) is 1.84. The first kappa shape index (κ1) is 14.7. The van der Waals surface area contributed by atoms with E-state index in [-0.39, 0.29) is 11.9 Å². The zero-order chi connectivity index (χ0) is 13.7. The van der Waals surface area contributed by atoms with Crippen LogP contribution in [0.3, 0.4) is 0 Å². The van der Waals surface area contributed by atoms with Crippen LogP contribution in [0.2, 0.25) is 0 Å². The van der Waals surface area contributed by atoms with E-state index in [1.807, 2.05) is 19.1 Å². The molecule has 0 aliphatic heterocycles. The van der Waals surface area contributed by atoms with Gasteiger partial charge in [-0.05, 0) is 43.4 Å². The minimum atomic E-state index is -0.186. The fourth-order valence-corrected chi connectivity index (χ4v) is 1.84. The second-order valence-electron chi connectivity index (χ2n) is 5.15. The van der Waals surface area contributed by atoms with E-state index < -0.39 is 0 Å². The summed E-state index contributed by atoms with van der Waals surface area (Å²) in [6, 6.07) is 6.07. The smallest absolute Gasteiger partial charge is 0.313 e. The number of hydrogen-bond acceptors (Lipinski definition) is 2. The SMILES string of the molecule is CCC(C)COC(=O)C(C)c1cccc(C)c1C. The fraction of sp³-hybridized carbons (Fsp3) is 0.562. The van der Waals surface area contributed by atoms with Crippen LogP contribution in [0.15, 0.2) is 18.2 Å². The molecule has 2 atom stereocenters. The van der Waals surface area contributed by atoms with E-state index in [4.69, 9.17) is 4.74 Å². The first-order valence-electron chi connectivity index (χ1n) is 6.70. The second kappa shape index (κ2) is 6.58. The van der Waals surface area contributed by atoms with Gasteiger partial charge in [0.15, 0.2) is 0 Å². The molecule has 0 bridgehead atoms. The van der Waals surface area contributed by atoms with Gasteiger partial charge in [-0.15, -0.1) is 0 Å². The molecule has 1 rings (SSSR count). The van der Waals surface area contributed by atoms with Gasteiger partial charge in [-0.25, -0.2) is 0 Å². The molecule has 1 aromatic rings. The van der Waals surface area contributed by atoms with Crippen LogP contribution in [0, 0.1) is 19.8 Å². The molecule has 2 heteroatoms. The average Bonchev–Trinajstić information content (AvgIpc) is 2.37. The molecule has 0 fully saturated rings.